The normalized spacial score (nSPS) is 10.9. The van der Waals surface area contributed by atoms with Crippen molar-refractivity contribution in [3.8, 4) is 0 Å². The maximum Gasteiger partial charge on any atom is 0.335 e. The number of benzene rings is 1. The molecule has 0 aliphatic rings. The quantitative estimate of drug-likeness (QED) is 0.706. The predicted octanol–water partition coefficient (Wildman–Crippen LogP) is 3.00. The number of hydrogen-bond acceptors (Lipinski definition) is 3. The lowest BCUT2D eigenvalue weighted by atomic mass is 10.0. The van der Waals surface area contributed by atoms with Gasteiger partial charge in [-0.15, -0.1) is 0 Å². The minimum Gasteiger partial charge on any atom is -0.478 e. The van der Waals surface area contributed by atoms with E-state index >= 15 is 0 Å². The molecule has 0 fully saturated rings. The third-order valence-electron chi connectivity index (χ3n) is 3.04. The Labute approximate surface area is 120 Å². The van der Waals surface area contributed by atoms with Crippen LogP contribution in [0.2, 0.25) is 0 Å². The van der Waals surface area contributed by atoms with Crippen LogP contribution in [0.25, 0.3) is 0 Å². The summed E-state index contributed by atoms with van der Waals surface area (Å²) in [6.07, 6.45) is 1.98. The van der Waals surface area contributed by atoms with Crippen LogP contribution in [-0.2, 0) is 6.42 Å². The minimum atomic E-state index is -0.836. The molecule has 19 heavy (non-hydrogen) atoms. The number of carboxylic acids is 1. The van der Waals surface area contributed by atoms with Crippen molar-refractivity contribution in [3.05, 3.63) is 35.4 Å². The van der Waals surface area contributed by atoms with Crippen molar-refractivity contribution in [2.75, 3.05) is 31.6 Å². The second-order valence-corrected chi connectivity index (χ2v) is 5.96. The molecule has 0 aromatic heterocycles. The van der Waals surface area contributed by atoms with E-state index in [2.05, 4.69) is 18.9 Å². The first-order chi connectivity index (χ1) is 9.15. The zero-order valence-electron chi connectivity index (χ0n) is 11.8. The van der Waals surface area contributed by atoms with Crippen molar-refractivity contribution in [3.63, 3.8) is 0 Å². The number of rotatable bonds is 9. The molecule has 0 saturated carbocycles. The zero-order valence-corrected chi connectivity index (χ0v) is 12.6. The van der Waals surface area contributed by atoms with Gasteiger partial charge in [-0.1, -0.05) is 25.1 Å². The van der Waals surface area contributed by atoms with E-state index in [4.69, 9.17) is 5.11 Å². The highest BCUT2D eigenvalue weighted by Gasteiger charge is 2.09. The molecule has 0 aliphatic heterocycles. The highest BCUT2D eigenvalue weighted by atomic mass is 32.2. The van der Waals surface area contributed by atoms with Gasteiger partial charge in [0.2, 0.25) is 0 Å². The molecule has 0 amide bonds. The van der Waals surface area contributed by atoms with E-state index in [-0.39, 0.29) is 0 Å². The maximum atomic E-state index is 11.1. The molecule has 106 valence electrons. The molecule has 0 unspecified atom stereocenters. The minimum absolute atomic E-state index is 0.428. The molecule has 0 radical (unpaired) electrons. The lowest BCUT2D eigenvalue weighted by molar-refractivity contribution is 0.0695. The molecule has 3 nitrogen and oxygen atoms in total. The van der Waals surface area contributed by atoms with Gasteiger partial charge < -0.3 is 10.0 Å². The van der Waals surface area contributed by atoms with E-state index < -0.39 is 5.97 Å². The number of thioether (sulfide) groups is 1. The van der Waals surface area contributed by atoms with Crippen molar-refractivity contribution < 1.29 is 9.90 Å². The second kappa shape index (κ2) is 8.99. The summed E-state index contributed by atoms with van der Waals surface area (Å²) in [5.74, 6) is 1.54. The zero-order chi connectivity index (χ0) is 14.1. The third kappa shape index (κ3) is 6.12. The largest absolute Gasteiger partial charge is 0.478 e. The Hall–Kier alpha value is -1.00. The van der Waals surface area contributed by atoms with Crippen LogP contribution >= 0.6 is 11.8 Å². The lowest BCUT2D eigenvalue weighted by Gasteiger charge is -2.17. The van der Waals surface area contributed by atoms with Gasteiger partial charge >= 0.3 is 5.97 Å². The molecule has 0 spiro atoms. The molecule has 0 saturated heterocycles. The molecule has 1 aromatic rings. The number of nitrogens with zero attached hydrogens (tertiary/aromatic N) is 1. The molecule has 0 atom stereocenters. The van der Waals surface area contributed by atoms with Crippen molar-refractivity contribution in [1.29, 1.82) is 0 Å². The summed E-state index contributed by atoms with van der Waals surface area (Å²) in [7, 11) is 2.10. The van der Waals surface area contributed by atoms with Gasteiger partial charge in [-0.05, 0) is 49.6 Å². The number of carboxylic acid groups (broad SMARTS) is 1. The number of hydrogen-bond donors (Lipinski definition) is 1. The summed E-state index contributed by atoms with van der Waals surface area (Å²) in [4.78, 5) is 13.4. The summed E-state index contributed by atoms with van der Waals surface area (Å²) in [6, 6.07) is 7.26. The average Bonchev–Trinajstić information content (AvgIpc) is 2.41. The second-order valence-electron chi connectivity index (χ2n) is 4.57. The number of likely N-dealkylation sites (N-methyl/N-ethyl adjacent to an activating group) is 1. The van der Waals surface area contributed by atoms with Gasteiger partial charge in [-0.3, -0.25) is 0 Å². The summed E-state index contributed by atoms with van der Waals surface area (Å²) in [5.41, 5.74) is 1.35. The van der Waals surface area contributed by atoms with E-state index in [1.165, 1.54) is 17.9 Å². The number of aromatic carboxylic acids is 1. The van der Waals surface area contributed by atoms with Crippen molar-refractivity contribution in [2.24, 2.45) is 0 Å². The Kier molecular flexibility index (Phi) is 7.60. The van der Waals surface area contributed by atoms with Crippen LogP contribution in [0.4, 0.5) is 0 Å². The van der Waals surface area contributed by atoms with Gasteiger partial charge in [-0.25, -0.2) is 4.79 Å². The Morgan fingerprint density at radius 2 is 2.05 bits per heavy atom. The van der Waals surface area contributed by atoms with Gasteiger partial charge in [0.1, 0.15) is 0 Å². The monoisotopic (exact) mass is 281 g/mol. The molecule has 1 rings (SSSR count). The smallest absolute Gasteiger partial charge is 0.335 e. The van der Waals surface area contributed by atoms with Crippen LogP contribution in [0, 0.1) is 0 Å². The van der Waals surface area contributed by atoms with E-state index in [1.807, 2.05) is 23.9 Å². The highest BCUT2D eigenvalue weighted by molar-refractivity contribution is 7.99. The Balaban J connectivity index is 2.37. The lowest BCUT2D eigenvalue weighted by Crippen LogP contribution is -2.23. The van der Waals surface area contributed by atoms with E-state index in [0.29, 0.717) is 5.56 Å². The van der Waals surface area contributed by atoms with Crippen LogP contribution in [0.3, 0.4) is 0 Å². The fourth-order valence-corrected chi connectivity index (χ4v) is 2.57. The van der Waals surface area contributed by atoms with Crippen LogP contribution in [0.15, 0.2) is 24.3 Å². The van der Waals surface area contributed by atoms with Crippen molar-refractivity contribution in [2.45, 2.75) is 19.8 Å². The first kappa shape index (κ1) is 16.1. The summed E-state index contributed by atoms with van der Waals surface area (Å²) in [6.45, 7) is 4.15. The SMILES string of the molecule is CCSCCCN(C)CCc1ccccc1C(=O)O. The van der Waals surface area contributed by atoms with Crippen LogP contribution in [-0.4, -0.2) is 47.6 Å². The fraction of sp³-hybridized carbons (Fsp3) is 0.533. The molecule has 0 aliphatic carbocycles. The summed E-state index contributed by atoms with van der Waals surface area (Å²) >= 11 is 1.97. The van der Waals surface area contributed by atoms with Crippen molar-refractivity contribution >= 4 is 17.7 Å². The molecular weight excluding hydrogens is 258 g/mol. The molecular formula is C15H23NO2S. The summed E-state index contributed by atoms with van der Waals surface area (Å²) in [5, 5.41) is 9.12. The Bertz CT molecular complexity index is 395. The molecule has 1 aromatic carbocycles. The fourth-order valence-electron chi connectivity index (χ4n) is 1.95. The maximum absolute atomic E-state index is 11.1. The Morgan fingerprint density at radius 1 is 1.32 bits per heavy atom. The van der Waals surface area contributed by atoms with Crippen molar-refractivity contribution in [1.82, 2.24) is 4.90 Å². The third-order valence-corrected chi connectivity index (χ3v) is 4.03. The van der Waals surface area contributed by atoms with Crippen LogP contribution in [0.5, 0.6) is 0 Å². The molecule has 1 N–H and O–H groups in total. The van der Waals surface area contributed by atoms with Crippen LogP contribution in [0.1, 0.15) is 29.3 Å². The predicted molar refractivity (Wildman–Crippen MR) is 82.2 cm³/mol. The van der Waals surface area contributed by atoms with Gasteiger partial charge in [0.15, 0.2) is 0 Å². The number of carbonyl (C=O) groups is 1. The Morgan fingerprint density at radius 3 is 2.74 bits per heavy atom. The topological polar surface area (TPSA) is 40.5 Å². The average molecular weight is 281 g/mol. The van der Waals surface area contributed by atoms with E-state index in [9.17, 15) is 4.79 Å². The molecule has 4 heteroatoms. The molecule has 0 heterocycles. The summed E-state index contributed by atoms with van der Waals surface area (Å²) < 4.78 is 0. The van der Waals surface area contributed by atoms with E-state index in [1.54, 1.807) is 12.1 Å². The van der Waals surface area contributed by atoms with E-state index in [0.717, 1.165) is 25.1 Å². The van der Waals surface area contributed by atoms with Gasteiger partial charge in [0, 0.05) is 6.54 Å². The van der Waals surface area contributed by atoms with Gasteiger partial charge in [-0.2, -0.15) is 11.8 Å². The van der Waals surface area contributed by atoms with Gasteiger partial charge in [0.25, 0.3) is 0 Å². The molecule has 0 bridgehead atoms. The van der Waals surface area contributed by atoms with Gasteiger partial charge in [0.05, 0.1) is 5.56 Å². The highest BCUT2D eigenvalue weighted by Crippen LogP contribution is 2.10. The first-order valence-corrected chi connectivity index (χ1v) is 7.88. The standard InChI is InChI=1S/C15H23NO2S/c1-3-19-12-6-10-16(2)11-9-13-7-4-5-8-14(13)15(17)18/h4-5,7-8H,3,6,9-12H2,1-2H3,(H,17,18). The first-order valence-electron chi connectivity index (χ1n) is 6.72. The van der Waals surface area contributed by atoms with Crippen LogP contribution < -0.4 is 0 Å².